The Morgan fingerprint density at radius 2 is 1.62 bits per heavy atom. The fourth-order valence-corrected chi connectivity index (χ4v) is 8.57. The summed E-state index contributed by atoms with van der Waals surface area (Å²) in [5.41, 5.74) is 5.33. The molecule has 296 valence electrons. The number of rotatable bonds is 10. The molecular weight excluding hydrogens is 704 g/mol. The Kier molecular flexibility index (Phi) is 12.1. The lowest BCUT2D eigenvalue weighted by Crippen LogP contribution is -2.55. The first-order valence-corrected chi connectivity index (χ1v) is 19.7. The molecule has 15 heteroatoms. The van der Waals surface area contributed by atoms with Crippen molar-refractivity contribution in [3.05, 3.63) is 53.1 Å². The number of para-hydroxylation sites is 1. The molecule has 0 bridgehead atoms. The number of carbonyl (C=O) groups excluding carboxylic acids is 4. The van der Waals surface area contributed by atoms with Crippen molar-refractivity contribution in [2.45, 2.75) is 70.6 Å². The smallest absolute Gasteiger partial charge is 0.410 e. The molecule has 2 aromatic carbocycles. The summed E-state index contributed by atoms with van der Waals surface area (Å²) in [4.78, 5) is 71.0. The van der Waals surface area contributed by atoms with Crippen molar-refractivity contribution in [2.75, 3.05) is 84.5 Å². The van der Waals surface area contributed by atoms with Gasteiger partial charge in [0, 0.05) is 83.1 Å². The molecule has 0 saturated carbocycles. The second-order valence-corrected chi connectivity index (χ2v) is 15.1. The first-order valence-electron chi connectivity index (χ1n) is 19.7. The van der Waals surface area contributed by atoms with Crippen LogP contribution in [-0.2, 0) is 31.9 Å². The molecular formula is C40H54N8O7. The van der Waals surface area contributed by atoms with Gasteiger partial charge >= 0.3 is 18.1 Å². The van der Waals surface area contributed by atoms with Crippen molar-refractivity contribution < 1.29 is 33.4 Å². The number of likely N-dealkylation sites (tertiary alicyclic amines) is 2. The number of aryl methyl sites for hydroxylation is 1. The highest BCUT2D eigenvalue weighted by Crippen LogP contribution is 2.27. The lowest BCUT2D eigenvalue weighted by atomic mass is 9.99. The van der Waals surface area contributed by atoms with Crippen molar-refractivity contribution in [3.63, 3.8) is 0 Å². The zero-order valence-electron chi connectivity index (χ0n) is 32.3. The molecule has 4 aliphatic heterocycles. The van der Waals surface area contributed by atoms with Crippen molar-refractivity contribution in [1.29, 1.82) is 0 Å². The molecule has 1 atom stereocenters. The minimum Gasteiger partial charge on any atom is -0.468 e. The average Bonchev–Trinajstić information content (AvgIpc) is 3.55. The SMILES string of the molecule is CCOC(=O)CN1CCN(C2CCN(C(=O)C(Cc3cc(C)c4[nH]c(OC)nc4c3)OC(=O)N3CCC(N4CCc5ccccc5NC4=O)CC3)CC2)CC1. The van der Waals surface area contributed by atoms with Crippen LogP contribution in [-0.4, -0.2) is 156 Å². The number of aromatic amines is 1. The molecule has 15 nitrogen and oxygen atoms in total. The van der Waals surface area contributed by atoms with E-state index >= 15 is 0 Å². The fourth-order valence-electron chi connectivity index (χ4n) is 8.57. The van der Waals surface area contributed by atoms with Crippen LogP contribution in [0.15, 0.2) is 36.4 Å². The molecule has 0 aliphatic carbocycles. The number of hydrogen-bond acceptors (Lipinski definition) is 10. The number of piperidine rings is 2. The summed E-state index contributed by atoms with van der Waals surface area (Å²) in [6, 6.07) is 12.4. The topological polar surface area (TPSA) is 153 Å². The third-order valence-electron chi connectivity index (χ3n) is 11.6. The van der Waals surface area contributed by atoms with E-state index in [1.165, 1.54) is 0 Å². The molecule has 3 saturated heterocycles. The number of hydrogen-bond donors (Lipinski definition) is 2. The van der Waals surface area contributed by atoms with Gasteiger partial charge in [-0.1, -0.05) is 24.3 Å². The van der Waals surface area contributed by atoms with Gasteiger partial charge in [-0.25, -0.2) is 9.59 Å². The van der Waals surface area contributed by atoms with Crippen LogP contribution in [0.5, 0.6) is 6.01 Å². The van der Waals surface area contributed by atoms with Crippen molar-refractivity contribution >= 4 is 40.7 Å². The zero-order chi connectivity index (χ0) is 38.5. The minimum atomic E-state index is -1.01. The Balaban J connectivity index is 0.980. The van der Waals surface area contributed by atoms with Gasteiger partial charge in [-0.15, -0.1) is 0 Å². The number of methoxy groups -OCH3 is 1. The van der Waals surface area contributed by atoms with Gasteiger partial charge in [-0.05, 0) is 74.8 Å². The van der Waals surface area contributed by atoms with Crippen LogP contribution in [0.3, 0.4) is 0 Å². The van der Waals surface area contributed by atoms with Gasteiger partial charge in [0.1, 0.15) is 0 Å². The highest BCUT2D eigenvalue weighted by Gasteiger charge is 2.37. The van der Waals surface area contributed by atoms with E-state index in [0.29, 0.717) is 70.8 Å². The van der Waals surface area contributed by atoms with Gasteiger partial charge in [0.25, 0.3) is 11.9 Å². The summed E-state index contributed by atoms with van der Waals surface area (Å²) in [6.45, 7) is 10.5. The van der Waals surface area contributed by atoms with Crippen molar-refractivity contribution in [1.82, 2.24) is 34.5 Å². The summed E-state index contributed by atoms with van der Waals surface area (Å²) in [5, 5.41) is 3.06. The zero-order valence-corrected chi connectivity index (χ0v) is 32.3. The van der Waals surface area contributed by atoms with E-state index in [1.807, 2.05) is 60.0 Å². The number of piperazine rings is 1. The van der Waals surface area contributed by atoms with E-state index in [1.54, 1.807) is 12.0 Å². The van der Waals surface area contributed by atoms with Crippen LogP contribution in [0.2, 0.25) is 0 Å². The van der Waals surface area contributed by atoms with Crippen molar-refractivity contribution in [2.24, 2.45) is 0 Å². The number of fused-ring (bicyclic) bond motifs is 2. The van der Waals surface area contributed by atoms with Crippen LogP contribution >= 0.6 is 0 Å². The van der Waals surface area contributed by atoms with Gasteiger partial charge in [0.15, 0.2) is 6.10 Å². The predicted molar refractivity (Wildman–Crippen MR) is 206 cm³/mol. The van der Waals surface area contributed by atoms with Crippen LogP contribution in [0.1, 0.15) is 49.3 Å². The van der Waals surface area contributed by atoms with Crippen LogP contribution < -0.4 is 10.1 Å². The van der Waals surface area contributed by atoms with E-state index < -0.39 is 12.2 Å². The lowest BCUT2D eigenvalue weighted by molar-refractivity contribution is -0.145. The van der Waals surface area contributed by atoms with Crippen molar-refractivity contribution in [3.8, 4) is 6.01 Å². The van der Waals surface area contributed by atoms with Crippen LogP contribution in [0.4, 0.5) is 15.3 Å². The molecule has 1 unspecified atom stereocenters. The lowest BCUT2D eigenvalue weighted by Gasteiger charge is -2.43. The van der Waals surface area contributed by atoms with Gasteiger partial charge < -0.3 is 39.2 Å². The van der Waals surface area contributed by atoms with E-state index in [4.69, 9.17) is 14.2 Å². The van der Waals surface area contributed by atoms with E-state index in [2.05, 4.69) is 25.1 Å². The number of amides is 4. The normalized spacial score (nSPS) is 19.8. The monoisotopic (exact) mass is 758 g/mol. The number of esters is 1. The molecule has 55 heavy (non-hydrogen) atoms. The number of H-pyrrole nitrogens is 1. The standard InChI is InChI=1S/C40H54N8O7/c1-4-54-35(49)26-44-19-21-45(22-20-44)30-10-14-46(15-11-30)37(50)34(25-28-23-27(2)36-33(24-28)41-38(43-36)53-3)55-40(52)47-16-12-31(13-17-47)48-18-9-29-7-5-6-8-32(29)42-39(48)51/h5-8,23-24,30-31,34H,4,9-22,25-26H2,1-3H3,(H,41,43)(H,42,51). The molecule has 4 amide bonds. The number of aromatic nitrogens is 2. The molecule has 0 spiro atoms. The van der Waals surface area contributed by atoms with Gasteiger partial charge in [-0.3, -0.25) is 19.4 Å². The maximum Gasteiger partial charge on any atom is 0.410 e. The molecule has 3 aromatic rings. The Hall–Kier alpha value is -4.89. The Morgan fingerprint density at radius 3 is 2.35 bits per heavy atom. The number of imidazole rings is 1. The number of nitrogens with zero attached hydrogens (tertiary/aromatic N) is 6. The second-order valence-electron chi connectivity index (χ2n) is 15.1. The maximum absolute atomic E-state index is 14.3. The van der Waals surface area contributed by atoms with Gasteiger partial charge in [-0.2, -0.15) is 4.98 Å². The third-order valence-corrected chi connectivity index (χ3v) is 11.6. The van der Waals surface area contributed by atoms with Crippen LogP contribution in [0.25, 0.3) is 11.0 Å². The summed E-state index contributed by atoms with van der Waals surface area (Å²) >= 11 is 0. The van der Waals surface area contributed by atoms with Crippen LogP contribution in [0, 0.1) is 6.92 Å². The minimum absolute atomic E-state index is 0.00169. The van der Waals surface area contributed by atoms with Gasteiger partial charge in [0.2, 0.25) is 0 Å². The Morgan fingerprint density at radius 1 is 0.909 bits per heavy atom. The molecule has 4 aliphatic rings. The highest BCUT2D eigenvalue weighted by atomic mass is 16.6. The summed E-state index contributed by atoms with van der Waals surface area (Å²) in [7, 11) is 1.56. The number of benzene rings is 2. The van der Waals surface area contributed by atoms with E-state index in [-0.39, 0.29) is 30.4 Å². The quantitative estimate of drug-likeness (QED) is 0.293. The second kappa shape index (κ2) is 17.3. The largest absolute Gasteiger partial charge is 0.468 e. The molecule has 7 rings (SSSR count). The Labute approximate surface area is 322 Å². The first kappa shape index (κ1) is 38.4. The van der Waals surface area contributed by atoms with E-state index in [9.17, 15) is 19.2 Å². The number of carbonyl (C=O) groups is 4. The summed E-state index contributed by atoms with van der Waals surface area (Å²) in [6.07, 6.45) is 2.35. The number of urea groups is 1. The first-order chi connectivity index (χ1) is 26.7. The number of nitrogens with one attached hydrogen (secondary N) is 2. The highest BCUT2D eigenvalue weighted by molar-refractivity contribution is 5.91. The molecule has 2 N–H and O–H groups in total. The Bertz CT molecular complexity index is 1840. The number of ether oxygens (including phenoxy) is 3. The number of anilines is 1. The van der Waals surface area contributed by atoms with E-state index in [0.717, 1.165) is 78.9 Å². The summed E-state index contributed by atoms with van der Waals surface area (Å²) < 4.78 is 16.6. The fraction of sp³-hybridized carbons (Fsp3) is 0.575. The molecule has 5 heterocycles. The maximum atomic E-state index is 14.3. The molecule has 1 aromatic heterocycles. The molecule has 0 radical (unpaired) electrons. The summed E-state index contributed by atoms with van der Waals surface area (Å²) in [5.74, 6) is -0.380. The molecule has 3 fully saturated rings. The average molecular weight is 759 g/mol. The predicted octanol–water partition coefficient (Wildman–Crippen LogP) is 3.65. The third kappa shape index (κ3) is 8.99. The van der Waals surface area contributed by atoms with Gasteiger partial charge in [0.05, 0.1) is 31.3 Å².